The molecule has 4 rings (SSSR count). The molecule has 0 bridgehead atoms. The Morgan fingerprint density at radius 3 is 2.57 bits per heavy atom. The van der Waals surface area contributed by atoms with Crippen LogP contribution in [0.25, 0.3) is 6.08 Å². The van der Waals surface area contributed by atoms with Gasteiger partial charge < -0.3 is 13.9 Å². The number of benzene rings is 2. The number of nitriles is 1. The van der Waals surface area contributed by atoms with Crippen LogP contribution in [0.15, 0.2) is 82.0 Å². The number of carbonyl (C=O) groups excluding carboxylic acids is 2. The normalized spacial score (nSPS) is 14.9. The fourth-order valence-electron chi connectivity index (χ4n) is 3.66. The van der Waals surface area contributed by atoms with Crippen molar-refractivity contribution >= 4 is 29.5 Å². The summed E-state index contributed by atoms with van der Waals surface area (Å²) < 4.78 is 16.7. The van der Waals surface area contributed by atoms with Crippen LogP contribution in [0.4, 0.5) is 0 Å². The lowest BCUT2D eigenvalue weighted by molar-refractivity contribution is -0.141. The van der Waals surface area contributed by atoms with Gasteiger partial charge in [-0.2, -0.15) is 5.26 Å². The number of methoxy groups -OCH3 is 1. The summed E-state index contributed by atoms with van der Waals surface area (Å²) in [4.78, 5) is 27.0. The Labute approximate surface area is 207 Å². The minimum Gasteiger partial charge on any atom is -0.493 e. The molecule has 0 saturated carbocycles. The monoisotopic (exact) mass is 488 g/mol. The summed E-state index contributed by atoms with van der Waals surface area (Å²) in [7, 11) is 1.52. The average molecular weight is 489 g/mol. The SMILES string of the molecule is COc1cc(/C=C2/C(=O)N(Cc3ccco3)C(=O)C(C#N)=C2C)ccc1OCc1ccccc1Cl. The van der Waals surface area contributed by atoms with Gasteiger partial charge in [-0.1, -0.05) is 35.9 Å². The van der Waals surface area contributed by atoms with Crippen LogP contribution in [0.3, 0.4) is 0 Å². The number of amides is 2. The molecule has 35 heavy (non-hydrogen) atoms. The van der Waals surface area contributed by atoms with Crippen molar-refractivity contribution < 1.29 is 23.5 Å². The third kappa shape index (κ3) is 4.98. The van der Waals surface area contributed by atoms with Gasteiger partial charge in [0.2, 0.25) is 0 Å². The van der Waals surface area contributed by atoms with E-state index in [2.05, 4.69) is 0 Å². The molecule has 176 valence electrons. The van der Waals surface area contributed by atoms with E-state index in [0.717, 1.165) is 10.5 Å². The summed E-state index contributed by atoms with van der Waals surface area (Å²) in [6.45, 7) is 1.77. The first-order valence-corrected chi connectivity index (χ1v) is 11.1. The van der Waals surface area contributed by atoms with E-state index in [1.165, 1.54) is 13.4 Å². The molecule has 1 aliphatic heterocycles. The van der Waals surface area contributed by atoms with E-state index in [9.17, 15) is 14.9 Å². The molecule has 2 heterocycles. The van der Waals surface area contributed by atoms with E-state index in [0.29, 0.717) is 33.4 Å². The lowest BCUT2D eigenvalue weighted by atomic mass is 9.93. The van der Waals surface area contributed by atoms with Gasteiger partial charge in [-0.15, -0.1) is 0 Å². The number of imide groups is 1. The molecule has 0 fully saturated rings. The fraction of sp³-hybridized carbons (Fsp3) is 0.148. The van der Waals surface area contributed by atoms with Crippen LogP contribution in [0.5, 0.6) is 11.5 Å². The minimum absolute atomic E-state index is 0.0708. The molecular formula is C27H21ClN2O5. The van der Waals surface area contributed by atoms with Gasteiger partial charge in [0, 0.05) is 16.2 Å². The highest BCUT2D eigenvalue weighted by Crippen LogP contribution is 2.33. The lowest BCUT2D eigenvalue weighted by Crippen LogP contribution is -2.42. The van der Waals surface area contributed by atoms with Crippen molar-refractivity contribution in [2.75, 3.05) is 7.11 Å². The van der Waals surface area contributed by atoms with Crippen molar-refractivity contribution in [3.05, 3.63) is 99.5 Å². The molecule has 0 unspecified atom stereocenters. The Morgan fingerprint density at radius 2 is 1.89 bits per heavy atom. The number of carbonyl (C=O) groups is 2. The highest BCUT2D eigenvalue weighted by atomic mass is 35.5. The smallest absolute Gasteiger partial charge is 0.272 e. The average Bonchev–Trinajstić information content (AvgIpc) is 3.38. The zero-order valence-electron chi connectivity index (χ0n) is 19.1. The molecule has 0 saturated heterocycles. The zero-order valence-corrected chi connectivity index (χ0v) is 19.8. The van der Waals surface area contributed by atoms with E-state index < -0.39 is 11.8 Å². The largest absolute Gasteiger partial charge is 0.493 e. The lowest BCUT2D eigenvalue weighted by Gasteiger charge is -2.26. The molecule has 2 amide bonds. The predicted molar refractivity (Wildman–Crippen MR) is 129 cm³/mol. The molecule has 3 aromatic rings. The molecule has 2 aromatic carbocycles. The van der Waals surface area contributed by atoms with Gasteiger partial charge in [0.1, 0.15) is 24.0 Å². The van der Waals surface area contributed by atoms with Gasteiger partial charge >= 0.3 is 0 Å². The van der Waals surface area contributed by atoms with Crippen LogP contribution >= 0.6 is 11.6 Å². The number of nitrogens with zero attached hydrogens (tertiary/aromatic N) is 2. The highest BCUT2D eigenvalue weighted by molar-refractivity contribution is 6.31. The maximum atomic E-state index is 13.2. The standard InChI is InChI=1S/C27H21ClN2O5/c1-17-21(26(31)30(27(32)22(17)14-29)15-20-7-5-11-34-20)12-18-9-10-24(25(13-18)33-2)35-16-19-6-3-4-8-23(19)28/h3-13H,15-16H2,1-2H3/b21-12+. The highest BCUT2D eigenvalue weighted by Gasteiger charge is 2.36. The second-order valence-corrected chi connectivity index (χ2v) is 8.14. The van der Waals surface area contributed by atoms with Gasteiger partial charge in [-0.3, -0.25) is 14.5 Å². The van der Waals surface area contributed by atoms with Crippen molar-refractivity contribution in [2.45, 2.75) is 20.1 Å². The molecule has 0 aliphatic carbocycles. The molecule has 0 atom stereocenters. The Kier molecular flexibility index (Phi) is 7.04. The van der Waals surface area contributed by atoms with Crippen LogP contribution in [-0.2, 0) is 22.7 Å². The number of halogens is 1. The molecule has 1 aliphatic rings. The van der Waals surface area contributed by atoms with Gasteiger partial charge in [-0.25, -0.2) is 0 Å². The summed E-state index contributed by atoms with van der Waals surface area (Å²) in [5.74, 6) is 0.236. The molecule has 0 spiro atoms. The molecule has 8 heteroatoms. The summed E-state index contributed by atoms with van der Waals surface area (Å²) in [5, 5.41) is 10.2. The predicted octanol–water partition coefficient (Wildman–Crippen LogP) is 5.31. The van der Waals surface area contributed by atoms with Gasteiger partial charge in [-0.05, 0) is 54.5 Å². The van der Waals surface area contributed by atoms with Crippen molar-refractivity contribution in [3.8, 4) is 17.6 Å². The Balaban J connectivity index is 1.64. The maximum absolute atomic E-state index is 13.2. The maximum Gasteiger partial charge on any atom is 0.272 e. The van der Waals surface area contributed by atoms with Crippen molar-refractivity contribution in [1.82, 2.24) is 4.90 Å². The summed E-state index contributed by atoms with van der Waals surface area (Å²) in [6, 6.07) is 17.8. The van der Waals surface area contributed by atoms with Crippen molar-refractivity contribution in [2.24, 2.45) is 0 Å². The molecule has 1 aromatic heterocycles. The number of ether oxygens (including phenoxy) is 2. The summed E-state index contributed by atoms with van der Waals surface area (Å²) in [5.41, 5.74) is 1.94. The first-order chi connectivity index (χ1) is 16.9. The summed E-state index contributed by atoms with van der Waals surface area (Å²) in [6.07, 6.45) is 3.08. The van der Waals surface area contributed by atoms with Gasteiger partial charge in [0.15, 0.2) is 11.5 Å². The molecule has 7 nitrogen and oxygen atoms in total. The first kappa shape index (κ1) is 23.9. The van der Waals surface area contributed by atoms with Crippen molar-refractivity contribution in [1.29, 1.82) is 5.26 Å². The van der Waals surface area contributed by atoms with Crippen LogP contribution < -0.4 is 9.47 Å². The van der Waals surface area contributed by atoms with Crippen molar-refractivity contribution in [3.63, 3.8) is 0 Å². The third-order valence-electron chi connectivity index (χ3n) is 5.56. The Hall–Kier alpha value is -4.28. The van der Waals surface area contributed by atoms with Crippen LogP contribution in [0, 0.1) is 11.3 Å². The van der Waals surface area contributed by atoms with E-state index in [-0.39, 0.29) is 24.3 Å². The topological polar surface area (TPSA) is 92.8 Å². The molecule has 0 N–H and O–H groups in total. The Morgan fingerprint density at radius 1 is 1.09 bits per heavy atom. The van der Waals surface area contributed by atoms with Crippen LogP contribution in [0.2, 0.25) is 5.02 Å². The zero-order chi connectivity index (χ0) is 24.9. The first-order valence-electron chi connectivity index (χ1n) is 10.7. The second kappa shape index (κ2) is 10.3. The van der Waals surface area contributed by atoms with E-state index in [4.69, 9.17) is 25.5 Å². The second-order valence-electron chi connectivity index (χ2n) is 7.74. The number of hydrogen-bond acceptors (Lipinski definition) is 6. The third-order valence-corrected chi connectivity index (χ3v) is 5.93. The van der Waals surface area contributed by atoms with Gasteiger partial charge in [0.25, 0.3) is 11.8 Å². The number of hydrogen-bond donors (Lipinski definition) is 0. The summed E-state index contributed by atoms with van der Waals surface area (Å²) >= 11 is 6.20. The number of rotatable bonds is 7. The number of furan rings is 1. The van der Waals surface area contributed by atoms with E-state index >= 15 is 0 Å². The van der Waals surface area contributed by atoms with Crippen LogP contribution in [-0.4, -0.2) is 23.8 Å². The molecule has 0 radical (unpaired) electrons. The van der Waals surface area contributed by atoms with Crippen LogP contribution in [0.1, 0.15) is 23.8 Å². The minimum atomic E-state index is -0.649. The van der Waals surface area contributed by atoms with Gasteiger partial charge in [0.05, 0.1) is 19.9 Å². The van der Waals surface area contributed by atoms with E-state index in [1.54, 1.807) is 49.4 Å². The Bertz CT molecular complexity index is 1380. The molecular weight excluding hydrogens is 468 g/mol. The van der Waals surface area contributed by atoms with E-state index in [1.807, 2.05) is 24.3 Å². The quantitative estimate of drug-likeness (QED) is 0.330. The fourth-order valence-corrected chi connectivity index (χ4v) is 3.85.